The van der Waals surface area contributed by atoms with Gasteiger partial charge in [-0.3, -0.25) is 0 Å². The lowest BCUT2D eigenvalue weighted by Crippen LogP contribution is -2.29. The predicted octanol–water partition coefficient (Wildman–Crippen LogP) is 3.96. The molecule has 0 aliphatic heterocycles. The summed E-state index contributed by atoms with van der Waals surface area (Å²) in [6.45, 7) is 2.43. The number of benzene rings is 3. The molecule has 1 heterocycles. The van der Waals surface area contributed by atoms with Gasteiger partial charge in [-0.1, -0.05) is 48.5 Å². The van der Waals surface area contributed by atoms with E-state index in [1.165, 1.54) is 0 Å². The minimum Gasteiger partial charge on any atom is -0.368 e. The largest absolute Gasteiger partial charge is 0.368 e. The van der Waals surface area contributed by atoms with Gasteiger partial charge in [0, 0.05) is 23.9 Å². The van der Waals surface area contributed by atoms with Crippen molar-refractivity contribution >= 4 is 37.5 Å². The lowest BCUT2D eigenvalue weighted by molar-refractivity contribution is 0.584. The van der Waals surface area contributed by atoms with E-state index in [0.29, 0.717) is 23.3 Å². The van der Waals surface area contributed by atoms with Gasteiger partial charge in [0.15, 0.2) is 0 Å². The molecule has 0 fully saturated rings. The van der Waals surface area contributed by atoms with E-state index in [1.807, 2.05) is 49.4 Å². The van der Waals surface area contributed by atoms with Gasteiger partial charge in [0.1, 0.15) is 11.9 Å². The number of rotatable bonds is 6. The molecule has 0 saturated heterocycles. The van der Waals surface area contributed by atoms with Gasteiger partial charge in [-0.2, -0.15) is 5.26 Å². The van der Waals surface area contributed by atoms with Crippen molar-refractivity contribution in [3.05, 3.63) is 77.9 Å². The molecule has 2 N–H and O–H groups in total. The van der Waals surface area contributed by atoms with E-state index in [-0.39, 0.29) is 11.4 Å². The van der Waals surface area contributed by atoms with Crippen LogP contribution >= 0.6 is 0 Å². The third-order valence-electron chi connectivity index (χ3n) is 4.84. The van der Waals surface area contributed by atoms with Crippen LogP contribution in [0.5, 0.6) is 0 Å². The Kier molecular flexibility index (Phi) is 5.36. The molecule has 0 amide bonds. The number of hydrogen-bond donors (Lipinski definition) is 2. The highest BCUT2D eigenvalue weighted by Crippen LogP contribution is 2.23. The van der Waals surface area contributed by atoms with E-state index in [1.54, 1.807) is 24.3 Å². The Bertz CT molecular complexity index is 1390. The monoisotopic (exact) mass is 416 g/mol. The molecular weight excluding hydrogens is 396 g/mol. The average molecular weight is 417 g/mol. The van der Waals surface area contributed by atoms with Gasteiger partial charge < -0.3 is 5.32 Å². The van der Waals surface area contributed by atoms with Crippen LogP contribution in [0.1, 0.15) is 11.1 Å². The fourth-order valence-corrected chi connectivity index (χ4v) is 4.63. The molecule has 150 valence electrons. The number of nitriles is 1. The second kappa shape index (κ2) is 8.11. The van der Waals surface area contributed by atoms with Gasteiger partial charge in [0.05, 0.1) is 16.0 Å². The molecule has 0 radical (unpaired) electrons. The zero-order valence-electron chi connectivity index (χ0n) is 16.4. The number of aromatic nitrogens is 1. The number of aryl methyl sites for hydroxylation is 1. The summed E-state index contributed by atoms with van der Waals surface area (Å²) in [6, 6.07) is 22.4. The van der Waals surface area contributed by atoms with Crippen LogP contribution in [-0.4, -0.2) is 26.5 Å². The molecule has 4 rings (SSSR count). The Hall–Kier alpha value is -3.47. The summed E-state index contributed by atoms with van der Waals surface area (Å²) in [5.41, 5.74) is 2.28. The highest BCUT2D eigenvalue weighted by molar-refractivity contribution is 7.89. The highest BCUT2D eigenvalue weighted by atomic mass is 32.2. The molecule has 0 spiro atoms. The molecule has 4 aromatic rings. The minimum absolute atomic E-state index is 0.157. The van der Waals surface area contributed by atoms with Crippen LogP contribution in [0.2, 0.25) is 0 Å². The maximum Gasteiger partial charge on any atom is 0.241 e. The molecule has 1 aromatic heterocycles. The summed E-state index contributed by atoms with van der Waals surface area (Å²) >= 11 is 0. The molecule has 0 bridgehead atoms. The number of fused-ring (bicyclic) bond motifs is 2. The summed E-state index contributed by atoms with van der Waals surface area (Å²) in [4.78, 5) is 4.78. The molecule has 7 heteroatoms. The van der Waals surface area contributed by atoms with Crippen LogP contribution in [-0.2, 0) is 10.0 Å². The summed E-state index contributed by atoms with van der Waals surface area (Å²) in [5.74, 6) is 0.444. The molecule has 0 atom stereocenters. The maximum atomic E-state index is 12.8. The van der Waals surface area contributed by atoms with Crippen LogP contribution in [0.25, 0.3) is 21.7 Å². The quantitative estimate of drug-likeness (QED) is 0.464. The number of nitrogens with zero attached hydrogens (tertiary/aromatic N) is 2. The number of nitrogens with one attached hydrogen (secondary N) is 2. The third-order valence-corrected chi connectivity index (χ3v) is 6.36. The van der Waals surface area contributed by atoms with Crippen molar-refractivity contribution in [1.82, 2.24) is 9.71 Å². The molecule has 0 aliphatic carbocycles. The first kappa shape index (κ1) is 19.8. The summed E-state index contributed by atoms with van der Waals surface area (Å²) in [7, 11) is -3.67. The third kappa shape index (κ3) is 3.96. The minimum atomic E-state index is -3.67. The van der Waals surface area contributed by atoms with E-state index < -0.39 is 10.0 Å². The second-order valence-corrected chi connectivity index (χ2v) is 8.73. The van der Waals surface area contributed by atoms with Crippen molar-refractivity contribution in [1.29, 1.82) is 5.26 Å². The van der Waals surface area contributed by atoms with Crippen molar-refractivity contribution in [3.63, 3.8) is 0 Å². The topological polar surface area (TPSA) is 94.9 Å². The standard InChI is InChI=1S/C23H20N4O2S/c1-16-9-10-18-14-19(15-24)23(27-21(18)13-16)25-11-12-26-30(28,29)22-8-4-6-17-5-2-3-7-20(17)22/h2-10,13-14,26H,11-12H2,1H3,(H,25,27). The molecule has 3 aromatic carbocycles. The van der Waals surface area contributed by atoms with E-state index in [9.17, 15) is 13.7 Å². The molecule has 6 nitrogen and oxygen atoms in total. The highest BCUT2D eigenvalue weighted by Gasteiger charge is 2.16. The van der Waals surface area contributed by atoms with Crippen molar-refractivity contribution in [2.24, 2.45) is 0 Å². The van der Waals surface area contributed by atoms with E-state index >= 15 is 0 Å². The average Bonchev–Trinajstić information content (AvgIpc) is 2.75. The number of hydrogen-bond acceptors (Lipinski definition) is 5. The van der Waals surface area contributed by atoms with Crippen LogP contribution in [0.15, 0.2) is 71.6 Å². The Labute approximate surface area is 175 Å². The summed E-state index contributed by atoms with van der Waals surface area (Å²) in [6.07, 6.45) is 0. The number of anilines is 1. The van der Waals surface area contributed by atoms with E-state index in [4.69, 9.17) is 0 Å². The lowest BCUT2D eigenvalue weighted by Gasteiger charge is -2.12. The fourth-order valence-electron chi connectivity index (χ4n) is 3.37. The van der Waals surface area contributed by atoms with Crippen LogP contribution < -0.4 is 10.0 Å². The number of pyridine rings is 1. The molecule has 30 heavy (non-hydrogen) atoms. The van der Waals surface area contributed by atoms with Gasteiger partial charge in [-0.05, 0) is 36.1 Å². The molecular formula is C23H20N4O2S. The predicted molar refractivity (Wildman–Crippen MR) is 119 cm³/mol. The number of sulfonamides is 1. The Morgan fingerprint density at radius 2 is 1.77 bits per heavy atom. The fraction of sp³-hybridized carbons (Fsp3) is 0.130. The van der Waals surface area contributed by atoms with Crippen molar-refractivity contribution < 1.29 is 8.42 Å². The molecule has 0 saturated carbocycles. The van der Waals surface area contributed by atoms with Crippen molar-refractivity contribution in [2.45, 2.75) is 11.8 Å². The zero-order valence-corrected chi connectivity index (χ0v) is 17.2. The SMILES string of the molecule is Cc1ccc2cc(C#N)c(NCCNS(=O)(=O)c3cccc4ccccc34)nc2c1. The summed E-state index contributed by atoms with van der Waals surface area (Å²) in [5, 5.41) is 14.9. The first-order valence-electron chi connectivity index (χ1n) is 9.51. The normalized spacial score (nSPS) is 11.5. The first-order valence-corrected chi connectivity index (χ1v) is 11.0. The Balaban J connectivity index is 1.49. The van der Waals surface area contributed by atoms with Crippen LogP contribution in [0.4, 0.5) is 5.82 Å². The van der Waals surface area contributed by atoms with Crippen LogP contribution in [0.3, 0.4) is 0 Å². The van der Waals surface area contributed by atoms with E-state index in [2.05, 4.69) is 21.1 Å². The second-order valence-electron chi connectivity index (χ2n) is 6.99. The molecule has 0 aliphatic rings. The zero-order chi connectivity index (χ0) is 21.1. The van der Waals surface area contributed by atoms with Gasteiger partial charge >= 0.3 is 0 Å². The Morgan fingerprint density at radius 1 is 0.967 bits per heavy atom. The van der Waals surface area contributed by atoms with Gasteiger partial charge in [0.25, 0.3) is 0 Å². The summed E-state index contributed by atoms with van der Waals surface area (Å²) < 4.78 is 28.2. The molecule has 0 unspecified atom stereocenters. The Morgan fingerprint density at radius 3 is 2.60 bits per heavy atom. The first-order chi connectivity index (χ1) is 14.5. The van der Waals surface area contributed by atoms with Gasteiger partial charge in [0.2, 0.25) is 10.0 Å². The lowest BCUT2D eigenvalue weighted by atomic mass is 10.1. The van der Waals surface area contributed by atoms with Crippen LogP contribution in [0, 0.1) is 18.3 Å². The van der Waals surface area contributed by atoms with Gasteiger partial charge in [-0.15, -0.1) is 0 Å². The maximum absolute atomic E-state index is 12.8. The van der Waals surface area contributed by atoms with Crippen molar-refractivity contribution in [3.8, 4) is 6.07 Å². The smallest absolute Gasteiger partial charge is 0.241 e. The van der Waals surface area contributed by atoms with Gasteiger partial charge in [-0.25, -0.2) is 18.1 Å². The van der Waals surface area contributed by atoms with E-state index in [0.717, 1.165) is 21.9 Å². The van der Waals surface area contributed by atoms with Crippen molar-refractivity contribution in [2.75, 3.05) is 18.4 Å².